The Morgan fingerprint density at radius 3 is 2.62 bits per heavy atom. The first-order chi connectivity index (χ1) is 11.5. The van der Waals surface area contributed by atoms with Crippen LogP contribution < -0.4 is 4.74 Å². The monoisotopic (exact) mass is 348 g/mol. The molecule has 2 rings (SSSR count). The summed E-state index contributed by atoms with van der Waals surface area (Å²) in [7, 11) is 0. The number of benzene rings is 1. The zero-order valence-corrected chi connectivity index (χ0v) is 15.9. The second-order valence-corrected chi connectivity index (χ2v) is 7.51. The van der Waals surface area contributed by atoms with Crippen molar-refractivity contribution in [2.75, 3.05) is 6.61 Å². The van der Waals surface area contributed by atoms with Crippen molar-refractivity contribution < 1.29 is 14.3 Å². The standard InChI is InChI=1S/C20H28O3S/c1-5-7-14(3)8-9-15(4)23-20(21)19-12-16-10-11-17(22-6-2)13-18(16)24-19/h10-15H,5-9H2,1-4H3. The van der Waals surface area contributed by atoms with Gasteiger partial charge in [-0.3, -0.25) is 0 Å². The highest BCUT2D eigenvalue weighted by molar-refractivity contribution is 7.20. The summed E-state index contributed by atoms with van der Waals surface area (Å²) in [5.41, 5.74) is 0. The van der Waals surface area contributed by atoms with E-state index in [4.69, 9.17) is 9.47 Å². The lowest BCUT2D eigenvalue weighted by Gasteiger charge is -2.15. The van der Waals surface area contributed by atoms with E-state index in [0.29, 0.717) is 17.4 Å². The lowest BCUT2D eigenvalue weighted by Crippen LogP contribution is -2.15. The second kappa shape index (κ2) is 9.07. The number of thiophene rings is 1. The summed E-state index contributed by atoms with van der Waals surface area (Å²) >= 11 is 1.47. The first-order valence-electron chi connectivity index (χ1n) is 8.90. The molecule has 1 aromatic heterocycles. The molecule has 24 heavy (non-hydrogen) atoms. The van der Waals surface area contributed by atoms with E-state index in [1.165, 1.54) is 24.2 Å². The van der Waals surface area contributed by atoms with Gasteiger partial charge in [-0.2, -0.15) is 0 Å². The van der Waals surface area contributed by atoms with Gasteiger partial charge >= 0.3 is 5.97 Å². The van der Waals surface area contributed by atoms with E-state index in [0.717, 1.165) is 28.7 Å². The van der Waals surface area contributed by atoms with Crippen molar-refractivity contribution in [3.05, 3.63) is 29.1 Å². The van der Waals surface area contributed by atoms with Crippen LogP contribution >= 0.6 is 11.3 Å². The summed E-state index contributed by atoms with van der Waals surface area (Å²) in [5, 5.41) is 1.06. The van der Waals surface area contributed by atoms with Crippen LogP contribution in [0.1, 0.15) is 63.0 Å². The first-order valence-corrected chi connectivity index (χ1v) is 9.72. The van der Waals surface area contributed by atoms with Crippen LogP contribution in [0.3, 0.4) is 0 Å². The SMILES string of the molecule is CCCC(C)CCC(C)OC(=O)c1cc2ccc(OCC)cc2s1. The van der Waals surface area contributed by atoms with Gasteiger partial charge in [0.05, 0.1) is 12.7 Å². The van der Waals surface area contributed by atoms with Crippen molar-refractivity contribution in [3.8, 4) is 5.75 Å². The zero-order valence-electron chi connectivity index (χ0n) is 15.1. The van der Waals surface area contributed by atoms with Gasteiger partial charge in [0.15, 0.2) is 0 Å². The van der Waals surface area contributed by atoms with E-state index in [-0.39, 0.29) is 12.1 Å². The fraction of sp³-hybridized carbons (Fsp3) is 0.550. The Balaban J connectivity index is 1.95. The highest BCUT2D eigenvalue weighted by Crippen LogP contribution is 2.30. The van der Waals surface area contributed by atoms with Crippen LogP contribution in [0.25, 0.3) is 10.1 Å². The number of carbonyl (C=O) groups excluding carboxylic acids is 1. The summed E-state index contributed by atoms with van der Waals surface area (Å²) < 4.78 is 12.2. The van der Waals surface area contributed by atoms with Crippen LogP contribution in [0.2, 0.25) is 0 Å². The Bertz CT molecular complexity index is 662. The largest absolute Gasteiger partial charge is 0.494 e. The van der Waals surface area contributed by atoms with Gasteiger partial charge in [-0.05, 0) is 62.3 Å². The first kappa shape index (κ1) is 18.8. The average molecular weight is 349 g/mol. The molecule has 2 unspecified atom stereocenters. The van der Waals surface area contributed by atoms with Gasteiger partial charge in [0.25, 0.3) is 0 Å². The van der Waals surface area contributed by atoms with E-state index >= 15 is 0 Å². The number of rotatable bonds is 9. The third kappa shape index (κ3) is 5.23. The highest BCUT2D eigenvalue weighted by Gasteiger charge is 2.16. The minimum Gasteiger partial charge on any atom is -0.494 e. The predicted octanol–water partition coefficient (Wildman–Crippen LogP) is 6.06. The van der Waals surface area contributed by atoms with Gasteiger partial charge in [-0.1, -0.05) is 26.7 Å². The number of ether oxygens (including phenoxy) is 2. The van der Waals surface area contributed by atoms with Crippen LogP contribution in [0.5, 0.6) is 5.75 Å². The quantitative estimate of drug-likeness (QED) is 0.517. The number of carbonyl (C=O) groups is 1. The van der Waals surface area contributed by atoms with Crippen molar-refractivity contribution in [1.29, 1.82) is 0 Å². The molecule has 1 heterocycles. The lowest BCUT2D eigenvalue weighted by molar-refractivity contribution is 0.0317. The van der Waals surface area contributed by atoms with Crippen LogP contribution in [-0.2, 0) is 4.74 Å². The van der Waals surface area contributed by atoms with E-state index < -0.39 is 0 Å². The highest BCUT2D eigenvalue weighted by atomic mass is 32.1. The predicted molar refractivity (Wildman–Crippen MR) is 101 cm³/mol. The Kier molecular flexibility index (Phi) is 7.10. The molecule has 1 aromatic carbocycles. The Morgan fingerprint density at radius 2 is 1.92 bits per heavy atom. The fourth-order valence-corrected chi connectivity index (χ4v) is 3.80. The molecular formula is C20H28O3S. The molecule has 0 bridgehead atoms. The van der Waals surface area contributed by atoms with Crippen molar-refractivity contribution in [2.24, 2.45) is 5.92 Å². The molecule has 132 valence electrons. The van der Waals surface area contributed by atoms with Crippen molar-refractivity contribution in [1.82, 2.24) is 0 Å². The Labute approximate surface area is 149 Å². The Morgan fingerprint density at radius 1 is 1.12 bits per heavy atom. The molecule has 2 atom stereocenters. The third-order valence-electron chi connectivity index (χ3n) is 4.16. The number of fused-ring (bicyclic) bond motifs is 1. The van der Waals surface area contributed by atoms with Gasteiger partial charge in [0.2, 0.25) is 0 Å². The zero-order chi connectivity index (χ0) is 17.5. The van der Waals surface area contributed by atoms with E-state index in [1.54, 1.807) is 0 Å². The Hall–Kier alpha value is -1.55. The summed E-state index contributed by atoms with van der Waals surface area (Å²) in [6, 6.07) is 7.81. The molecule has 0 aliphatic rings. The van der Waals surface area contributed by atoms with Crippen molar-refractivity contribution >= 4 is 27.4 Å². The summed E-state index contributed by atoms with van der Waals surface area (Å²) in [6.45, 7) is 9.05. The summed E-state index contributed by atoms with van der Waals surface area (Å²) in [4.78, 5) is 13.0. The summed E-state index contributed by atoms with van der Waals surface area (Å²) in [5.74, 6) is 1.31. The van der Waals surface area contributed by atoms with Crippen LogP contribution in [0.15, 0.2) is 24.3 Å². The number of esters is 1. The molecule has 0 radical (unpaired) electrons. The van der Waals surface area contributed by atoms with Gasteiger partial charge in [0.1, 0.15) is 10.6 Å². The lowest BCUT2D eigenvalue weighted by atomic mass is 9.99. The maximum absolute atomic E-state index is 12.4. The molecule has 0 saturated heterocycles. The van der Waals surface area contributed by atoms with Crippen LogP contribution in [0, 0.1) is 5.92 Å². The molecule has 0 N–H and O–H groups in total. The second-order valence-electron chi connectivity index (χ2n) is 6.43. The molecule has 0 aliphatic heterocycles. The van der Waals surface area contributed by atoms with Gasteiger partial charge in [0, 0.05) is 4.70 Å². The summed E-state index contributed by atoms with van der Waals surface area (Å²) in [6.07, 6.45) is 4.43. The number of hydrogen-bond donors (Lipinski definition) is 0. The maximum Gasteiger partial charge on any atom is 0.348 e. The average Bonchev–Trinajstić information content (AvgIpc) is 2.97. The normalized spacial score (nSPS) is 13.7. The topological polar surface area (TPSA) is 35.5 Å². The molecular weight excluding hydrogens is 320 g/mol. The smallest absolute Gasteiger partial charge is 0.348 e. The van der Waals surface area contributed by atoms with Gasteiger partial charge < -0.3 is 9.47 Å². The third-order valence-corrected chi connectivity index (χ3v) is 5.24. The molecule has 2 aromatic rings. The molecule has 0 spiro atoms. The molecule has 0 fully saturated rings. The van der Waals surface area contributed by atoms with Crippen molar-refractivity contribution in [2.45, 2.75) is 59.5 Å². The molecule has 0 aliphatic carbocycles. The molecule has 0 amide bonds. The number of hydrogen-bond acceptors (Lipinski definition) is 4. The minimum atomic E-state index is -0.218. The molecule has 3 nitrogen and oxygen atoms in total. The van der Waals surface area contributed by atoms with E-state index in [1.807, 2.05) is 38.1 Å². The van der Waals surface area contributed by atoms with E-state index in [9.17, 15) is 4.79 Å². The molecule has 0 saturated carbocycles. The van der Waals surface area contributed by atoms with Gasteiger partial charge in [-0.25, -0.2) is 4.79 Å². The minimum absolute atomic E-state index is 0.0407. The maximum atomic E-state index is 12.4. The van der Waals surface area contributed by atoms with Crippen molar-refractivity contribution in [3.63, 3.8) is 0 Å². The fourth-order valence-electron chi connectivity index (χ4n) is 2.82. The van der Waals surface area contributed by atoms with Gasteiger partial charge in [-0.15, -0.1) is 11.3 Å². The van der Waals surface area contributed by atoms with Crippen LogP contribution in [-0.4, -0.2) is 18.7 Å². The van der Waals surface area contributed by atoms with Crippen LogP contribution in [0.4, 0.5) is 0 Å². The molecule has 4 heteroatoms. The van der Waals surface area contributed by atoms with E-state index in [2.05, 4.69) is 13.8 Å².